The van der Waals surface area contributed by atoms with E-state index >= 15 is 0 Å². The van der Waals surface area contributed by atoms with Gasteiger partial charge in [-0.15, -0.1) is 0 Å². The van der Waals surface area contributed by atoms with Crippen LogP contribution in [0.4, 0.5) is 0 Å². The molecule has 0 spiro atoms. The molecule has 0 radical (unpaired) electrons. The molecular formula is C13H19N. The largest absolute Gasteiger partial charge is 0.305 e. The van der Waals surface area contributed by atoms with Crippen LogP contribution in [0.3, 0.4) is 0 Å². The molecule has 14 heavy (non-hydrogen) atoms. The molecule has 1 aliphatic rings. The summed E-state index contributed by atoms with van der Waals surface area (Å²) in [5, 5.41) is 0. The van der Waals surface area contributed by atoms with Gasteiger partial charge in [0.2, 0.25) is 0 Å². The van der Waals surface area contributed by atoms with E-state index in [4.69, 9.17) is 0 Å². The van der Waals surface area contributed by atoms with Crippen LogP contribution in [0.25, 0.3) is 0 Å². The van der Waals surface area contributed by atoms with Crippen LogP contribution >= 0.6 is 0 Å². The zero-order chi connectivity index (χ0) is 10.1. The van der Waals surface area contributed by atoms with Crippen LogP contribution in [0.5, 0.6) is 0 Å². The van der Waals surface area contributed by atoms with Gasteiger partial charge in [0.25, 0.3) is 0 Å². The molecular weight excluding hydrogens is 170 g/mol. The first-order valence-corrected chi connectivity index (χ1v) is 5.45. The van der Waals surface area contributed by atoms with Crippen molar-refractivity contribution >= 4 is 0 Å². The molecule has 1 heteroatoms. The summed E-state index contributed by atoms with van der Waals surface area (Å²) in [6.45, 7) is 6.93. The summed E-state index contributed by atoms with van der Waals surface area (Å²) in [5.41, 5.74) is 2.95. The van der Waals surface area contributed by atoms with Crippen LogP contribution in [-0.4, -0.2) is 25.0 Å². The number of hydrogen-bond donors (Lipinski definition) is 0. The second-order valence-electron chi connectivity index (χ2n) is 4.74. The summed E-state index contributed by atoms with van der Waals surface area (Å²) in [5.74, 6) is 1.43. The van der Waals surface area contributed by atoms with E-state index in [-0.39, 0.29) is 0 Å². The lowest BCUT2D eigenvalue weighted by molar-refractivity contribution is 0.190. The first-order valence-electron chi connectivity index (χ1n) is 5.45. The molecule has 1 saturated heterocycles. The van der Waals surface area contributed by atoms with Crippen molar-refractivity contribution < 1.29 is 0 Å². The quantitative estimate of drug-likeness (QED) is 0.691. The van der Waals surface area contributed by atoms with Crippen molar-refractivity contribution in [2.45, 2.75) is 25.7 Å². The standard InChI is InChI=1S/C13H19N/c1-10(2)11-4-6-12(7-5-11)13-8-14(3)9-13/h4-7,10,13H,8-9H2,1-3H3. The van der Waals surface area contributed by atoms with Crippen molar-refractivity contribution in [3.8, 4) is 0 Å². The Labute approximate surface area is 86.7 Å². The maximum Gasteiger partial charge on any atom is 0.00933 e. The maximum absolute atomic E-state index is 2.36. The Morgan fingerprint density at radius 1 is 1.14 bits per heavy atom. The van der Waals surface area contributed by atoms with Gasteiger partial charge >= 0.3 is 0 Å². The zero-order valence-corrected chi connectivity index (χ0v) is 9.33. The summed E-state index contributed by atoms with van der Waals surface area (Å²) in [4.78, 5) is 2.36. The molecule has 0 amide bonds. The smallest absolute Gasteiger partial charge is 0.00933 e. The van der Waals surface area contributed by atoms with Crippen LogP contribution in [0.1, 0.15) is 36.8 Å². The lowest BCUT2D eigenvalue weighted by Crippen LogP contribution is -2.41. The molecule has 1 aromatic rings. The van der Waals surface area contributed by atoms with Gasteiger partial charge in [-0.05, 0) is 24.1 Å². The van der Waals surface area contributed by atoms with E-state index in [0.29, 0.717) is 5.92 Å². The normalized spacial score (nSPS) is 18.6. The first-order chi connectivity index (χ1) is 6.66. The summed E-state index contributed by atoms with van der Waals surface area (Å²) in [6, 6.07) is 9.15. The van der Waals surface area contributed by atoms with Gasteiger partial charge in [0, 0.05) is 19.0 Å². The highest BCUT2D eigenvalue weighted by Crippen LogP contribution is 2.26. The monoisotopic (exact) mass is 189 g/mol. The third-order valence-corrected chi connectivity index (χ3v) is 3.14. The van der Waals surface area contributed by atoms with E-state index in [1.165, 1.54) is 24.2 Å². The van der Waals surface area contributed by atoms with Gasteiger partial charge in [-0.2, -0.15) is 0 Å². The average Bonchev–Trinajstić information content (AvgIpc) is 2.13. The number of hydrogen-bond acceptors (Lipinski definition) is 1. The fourth-order valence-corrected chi connectivity index (χ4v) is 2.06. The SMILES string of the molecule is CC(C)c1ccc(C2CN(C)C2)cc1. The van der Waals surface area contributed by atoms with Crippen molar-refractivity contribution in [1.29, 1.82) is 0 Å². The minimum atomic E-state index is 0.646. The Morgan fingerprint density at radius 2 is 1.71 bits per heavy atom. The van der Waals surface area contributed by atoms with Crippen LogP contribution in [0.2, 0.25) is 0 Å². The first kappa shape index (κ1) is 9.72. The van der Waals surface area contributed by atoms with Crippen molar-refractivity contribution in [2.75, 3.05) is 20.1 Å². The van der Waals surface area contributed by atoms with E-state index in [1.54, 1.807) is 0 Å². The lowest BCUT2D eigenvalue weighted by atomic mass is 9.90. The van der Waals surface area contributed by atoms with Crippen LogP contribution in [0, 0.1) is 0 Å². The van der Waals surface area contributed by atoms with Crippen molar-refractivity contribution in [3.05, 3.63) is 35.4 Å². The molecule has 0 N–H and O–H groups in total. The van der Waals surface area contributed by atoms with E-state index in [2.05, 4.69) is 50.1 Å². The predicted molar refractivity (Wildman–Crippen MR) is 60.8 cm³/mol. The third-order valence-electron chi connectivity index (χ3n) is 3.14. The molecule has 0 bridgehead atoms. The highest BCUT2D eigenvalue weighted by molar-refractivity contribution is 5.28. The number of likely N-dealkylation sites (tertiary alicyclic amines) is 1. The molecule has 1 aromatic carbocycles. The maximum atomic E-state index is 2.36. The van der Waals surface area contributed by atoms with Gasteiger partial charge in [0.1, 0.15) is 0 Å². The highest BCUT2D eigenvalue weighted by atomic mass is 15.2. The molecule has 0 saturated carbocycles. The number of likely N-dealkylation sites (N-methyl/N-ethyl adjacent to an activating group) is 1. The van der Waals surface area contributed by atoms with E-state index < -0.39 is 0 Å². The van der Waals surface area contributed by atoms with Crippen molar-refractivity contribution in [2.24, 2.45) is 0 Å². The molecule has 0 aliphatic carbocycles. The van der Waals surface area contributed by atoms with Crippen LogP contribution in [-0.2, 0) is 0 Å². The van der Waals surface area contributed by atoms with E-state index in [9.17, 15) is 0 Å². The Morgan fingerprint density at radius 3 is 2.14 bits per heavy atom. The molecule has 0 atom stereocenters. The lowest BCUT2D eigenvalue weighted by Gasteiger charge is -2.36. The second-order valence-corrected chi connectivity index (χ2v) is 4.74. The van der Waals surface area contributed by atoms with Gasteiger partial charge in [0.05, 0.1) is 0 Å². The van der Waals surface area contributed by atoms with Crippen LogP contribution in [0.15, 0.2) is 24.3 Å². The summed E-state index contributed by atoms with van der Waals surface area (Å²) in [7, 11) is 2.18. The molecule has 1 aliphatic heterocycles. The molecule has 1 nitrogen and oxygen atoms in total. The third kappa shape index (κ3) is 1.83. The molecule has 2 rings (SSSR count). The van der Waals surface area contributed by atoms with Gasteiger partial charge in [0.15, 0.2) is 0 Å². The van der Waals surface area contributed by atoms with Crippen molar-refractivity contribution in [1.82, 2.24) is 4.90 Å². The fourth-order valence-electron chi connectivity index (χ4n) is 2.06. The number of rotatable bonds is 2. The summed E-state index contributed by atoms with van der Waals surface area (Å²) >= 11 is 0. The number of benzene rings is 1. The molecule has 1 heterocycles. The second kappa shape index (κ2) is 3.74. The zero-order valence-electron chi connectivity index (χ0n) is 9.33. The fraction of sp³-hybridized carbons (Fsp3) is 0.538. The van der Waals surface area contributed by atoms with Gasteiger partial charge in [-0.1, -0.05) is 38.1 Å². The molecule has 0 aromatic heterocycles. The van der Waals surface area contributed by atoms with Crippen LogP contribution < -0.4 is 0 Å². The molecule has 1 fully saturated rings. The Balaban J connectivity index is 2.07. The minimum Gasteiger partial charge on any atom is -0.305 e. The van der Waals surface area contributed by atoms with Gasteiger partial charge in [-0.3, -0.25) is 0 Å². The number of nitrogens with zero attached hydrogens (tertiary/aromatic N) is 1. The molecule has 0 unspecified atom stereocenters. The van der Waals surface area contributed by atoms with E-state index in [0.717, 1.165) is 5.92 Å². The van der Waals surface area contributed by atoms with Gasteiger partial charge < -0.3 is 4.90 Å². The average molecular weight is 189 g/mol. The van der Waals surface area contributed by atoms with E-state index in [1.807, 2.05) is 0 Å². The van der Waals surface area contributed by atoms with Crippen molar-refractivity contribution in [3.63, 3.8) is 0 Å². The topological polar surface area (TPSA) is 3.24 Å². The summed E-state index contributed by atoms with van der Waals surface area (Å²) in [6.07, 6.45) is 0. The minimum absolute atomic E-state index is 0.646. The van der Waals surface area contributed by atoms with Gasteiger partial charge in [-0.25, -0.2) is 0 Å². The predicted octanol–water partition coefficient (Wildman–Crippen LogP) is 2.84. The Bertz CT molecular complexity index is 294. The highest BCUT2D eigenvalue weighted by Gasteiger charge is 2.24. The Hall–Kier alpha value is -0.820. The summed E-state index contributed by atoms with van der Waals surface area (Å²) < 4.78 is 0. The Kier molecular flexibility index (Phi) is 2.60. The molecule has 76 valence electrons.